The maximum absolute atomic E-state index is 12.9. The zero-order valence-corrected chi connectivity index (χ0v) is 18.2. The first-order chi connectivity index (χ1) is 15.6. The molecule has 3 rings (SSSR count). The fourth-order valence-electron chi connectivity index (χ4n) is 3.57. The van der Waals surface area contributed by atoms with Gasteiger partial charge in [-0.3, -0.25) is 9.59 Å². The van der Waals surface area contributed by atoms with E-state index in [4.69, 9.17) is 5.73 Å². The van der Waals surface area contributed by atoms with E-state index in [0.717, 1.165) is 16.7 Å². The average molecular weight is 430 g/mol. The maximum atomic E-state index is 12.9. The third-order valence-corrected chi connectivity index (χ3v) is 5.30. The molecule has 0 saturated heterocycles. The van der Waals surface area contributed by atoms with Gasteiger partial charge in [-0.05, 0) is 29.5 Å². The van der Waals surface area contributed by atoms with Crippen LogP contribution in [-0.2, 0) is 28.9 Å². The van der Waals surface area contributed by atoms with Crippen molar-refractivity contribution in [2.24, 2.45) is 5.73 Å². The second kappa shape index (κ2) is 12.4. The van der Waals surface area contributed by atoms with Crippen molar-refractivity contribution in [3.05, 3.63) is 108 Å². The van der Waals surface area contributed by atoms with Gasteiger partial charge in [-0.1, -0.05) is 91.0 Å². The van der Waals surface area contributed by atoms with Crippen LogP contribution in [0.5, 0.6) is 0 Å². The van der Waals surface area contributed by atoms with Crippen LogP contribution in [0.2, 0.25) is 0 Å². The van der Waals surface area contributed by atoms with E-state index in [0.29, 0.717) is 32.2 Å². The lowest BCUT2D eigenvalue weighted by molar-refractivity contribution is -0.129. The van der Waals surface area contributed by atoms with Gasteiger partial charge in [0.2, 0.25) is 11.8 Å². The number of nitrogens with two attached hydrogens (primary N) is 1. The monoisotopic (exact) mass is 429 g/mol. The Labute approximate surface area is 190 Å². The third kappa shape index (κ3) is 8.00. The lowest BCUT2D eigenvalue weighted by Crippen LogP contribution is -2.50. The first kappa shape index (κ1) is 23.2. The zero-order chi connectivity index (χ0) is 22.6. The molecule has 0 spiro atoms. The van der Waals surface area contributed by atoms with E-state index >= 15 is 0 Å². The summed E-state index contributed by atoms with van der Waals surface area (Å²) in [5.41, 5.74) is 9.43. The van der Waals surface area contributed by atoms with E-state index in [2.05, 4.69) is 10.6 Å². The number of amides is 2. The Morgan fingerprint density at radius 2 is 1.22 bits per heavy atom. The summed E-state index contributed by atoms with van der Waals surface area (Å²) in [4.78, 5) is 25.5. The van der Waals surface area contributed by atoms with Gasteiger partial charge in [0.25, 0.3) is 0 Å². The second-order valence-corrected chi connectivity index (χ2v) is 7.99. The van der Waals surface area contributed by atoms with E-state index in [1.165, 1.54) is 0 Å². The smallest absolute Gasteiger partial charge is 0.242 e. The molecule has 4 N–H and O–H groups in total. The van der Waals surface area contributed by atoms with Crippen molar-refractivity contribution in [2.45, 2.75) is 37.8 Å². The standard InChI is InChI=1S/C27H31N3O2/c28-24(18-22-12-6-2-7-13-22)20-29-27(32)25(19-23-14-8-3-9-15-23)30-26(31)17-16-21-10-4-1-5-11-21/h1-15,24-25H,16-20,28H2,(H,29,32)(H,30,31)/t24-,25+/m1/s1. The number of aryl methyl sites for hydroxylation is 1. The van der Waals surface area contributed by atoms with Crippen LogP contribution in [0.1, 0.15) is 23.1 Å². The van der Waals surface area contributed by atoms with Gasteiger partial charge >= 0.3 is 0 Å². The fraction of sp³-hybridized carbons (Fsp3) is 0.259. The van der Waals surface area contributed by atoms with Crippen LogP contribution >= 0.6 is 0 Å². The molecule has 0 bridgehead atoms. The van der Waals surface area contributed by atoms with Crippen molar-refractivity contribution in [3.63, 3.8) is 0 Å². The van der Waals surface area contributed by atoms with E-state index in [-0.39, 0.29) is 17.9 Å². The summed E-state index contributed by atoms with van der Waals surface area (Å²) in [5, 5.41) is 5.84. The van der Waals surface area contributed by atoms with Crippen molar-refractivity contribution in [1.82, 2.24) is 10.6 Å². The van der Waals surface area contributed by atoms with Gasteiger partial charge in [0.1, 0.15) is 6.04 Å². The molecule has 5 heteroatoms. The molecule has 0 heterocycles. The highest BCUT2D eigenvalue weighted by molar-refractivity contribution is 5.88. The Morgan fingerprint density at radius 1 is 0.719 bits per heavy atom. The molecule has 0 unspecified atom stereocenters. The first-order valence-corrected chi connectivity index (χ1v) is 11.0. The van der Waals surface area contributed by atoms with Crippen LogP contribution in [0.4, 0.5) is 0 Å². The van der Waals surface area contributed by atoms with Crippen molar-refractivity contribution < 1.29 is 9.59 Å². The Kier molecular flexibility index (Phi) is 9.02. The van der Waals surface area contributed by atoms with E-state index in [1.54, 1.807) is 0 Å². The van der Waals surface area contributed by atoms with Crippen LogP contribution in [-0.4, -0.2) is 30.4 Å². The molecule has 0 aliphatic carbocycles. The topological polar surface area (TPSA) is 84.2 Å². The summed E-state index contributed by atoms with van der Waals surface area (Å²) in [5.74, 6) is -0.357. The first-order valence-electron chi connectivity index (χ1n) is 11.0. The summed E-state index contributed by atoms with van der Waals surface area (Å²) in [7, 11) is 0. The minimum atomic E-state index is -0.649. The number of nitrogens with one attached hydrogen (secondary N) is 2. The van der Waals surface area contributed by atoms with Gasteiger partial charge in [0, 0.05) is 25.4 Å². The predicted octanol–water partition coefficient (Wildman–Crippen LogP) is 3.03. The largest absolute Gasteiger partial charge is 0.353 e. The molecule has 0 radical (unpaired) electrons. The summed E-state index contributed by atoms with van der Waals surface area (Å²) < 4.78 is 0. The molecule has 32 heavy (non-hydrogen) atoms. The zero-order valence-electron chi connectivity index (χ0n) is 18.2. The van der Waals surface area contributed by atoms with Gasteiger partial charge < -0.3 is 16.4 Å². The van der Waals surface area contributed by atoms with Gasteiger partial charge in [0.15, 0.2) is 0 Å². The highest BCUT2D eigenvalue weighted by Gasteiger charge is 2.21. The molecule has 166 valence electrons. The van der Waals surface area contributed by atoms with Gasteiger partial charge in [0.05, 0.1) is 0 Å². The Balaban J connectivity index is 1.55. The molecule has 0 aliphatic heterocycles. The highest BCUT2D eigenvalue weighted by Crippen LogP contribution is 2.07. The molecule has 0 aliphatic rings. The molecule has 0 fully saturated rings. The molecule has 2 amide bonds. The summed E-state index contributed by atoms with van der Waals surface area (Å²) in [6.07, 6.45) is 2.07. The van der Waals surface area contributed by atoms with Gasteiger partial charge in [-0.2, -0.15) is 0 Å². The second-order valence-electron chi connectivity index (χ2n) is 7.99. The molecule has 5 nitrogen and oxygen atoms in total. The Morgan fingerprint density at radius 3 is 1.78 bits per heavy atom. The number of hydrogen-bond acceptors (Lipinski definition) is 3. The van der Waals surface area contributed by atoms with Crippen molar-refractivity contribution in [2.75, 3.05) is 6.54 Å². The van der Waals surface area contributed by atoms with Gasteiger partial charge in [-0.25, -0.2) is 0 Å². The quantitative estimate of drug-likeness (QED) is 0.438. The average Bonchev–Trinajstić information content (AvgIpc) is 2.83. The van der Waals surface area contributed by atoms with E-state index in [1.807, 2.05) is 91.0 Å². The number of carbonyl (C=O) groups is 2. The van der Waals surface area contributed by atoms with Crippen LogP contribution in [0, 0.1) is 0 Å². The molecular formula is C27H31N3O2. The maximum Gasteiger partial charge on any atom is 0.242 e. The highest BCUT2D eigenvalue weighted by atomic mass is 16.2. The van der Waals surface area contributed by atoms with Crippen molar-refractivity contribution in [1.29, 1.82) is 0 Å². The number of rotatable bonds is 11. The van der Waals surface area contributed by atoms with Crippen LogP contribution in [0.15, 0.2) is 91.0 Å². The van der Waals surface area contributed by atoms with E-state index < -0.39 is 6.04 Å². The Hall–Kier alpha value is -3.44. The molecule has 0 aromatic heterocycles. The SMILES string of the molecule is N[C@@H](CNC(=O)[C@H](Cc1ccccc1)NC(=O)CCc1ccccc1)Cc1ccccc1. The number of carbonyl (C=O) groups excluding carboxylic acids is 2. The van der Waals surface area contributed by atoms with Crippen LogP contribution in [0.25, 0.3) is 0 Å². The van der Waals surface area contributed by atoms with E-state index in [9.17, 15) is 9.59 Å². The lowest BCUT2D eigenvalue weighted by atomic mass is 10.0. The summed E-state index contributed by atoms with van der Waals surface area (Å²) >= 11 is 0. The summed E-state index contributed by atoms with van der Waals surface area (Å²) in [6, 6.07) is 28.7. The molecule has 2 atom stereocenters. The molecule has 3 aromatic carbocycles. The third-order valence-electron chi connectivity index (χ3n) is 5.30. The lowest BCUT2D eigenvalue weighted by Gasteiger charge is -2.20. The Bertz CT molecular complexity index is 962. The minimum Gasteiger partial charge on any atom is -0.353 e. The molecule has 3 aromatic rings. The summed E-state index contributed by atoms with van der Waals surface area (Å²) in [6.45, 7) is 0.346. The predicted molar refractivity (Wildman–Crippen MR) is 128 cm³/mol. The molecular weight excluding hydrogens is 398 g/mol. The number of benzene rings is 3. The van der Waals surface area contributed by atoms with Crippen LogP contribution in [0.3, 0.4) is 0 Å². The minimum absolute atomic E-state index is 0.140. The van der Waals surface area contributed by atoms with Gasteiger partial charge in [-0.15, -0.1) is 0 Å². The van der Waals surface area contributed by atoms with Crippen molar-refractivity contribution in [3.8, 4) is 0 Å². The normalized spacial score (nSPS) is 12.5. The van der Waals surface area contributed by atoms with Crippen molar-refractivity contribution >= 4 is 11.8 Å². The van der Waals surface area contributed by atoms with Crippen LogP contribution < -0.4 is 16.4 Å². The molecule has 0 saturated carbocycles. The fourth-order valence-corrected chi connectivity index (χ4v) is 3.57. The number of hydrogen-bond donors (Lipinski definition) is 3.